The summed E-state index contributed by atoms with van der Waals surface area (Å²) < 4.78 is 2.28. The lowest BCUT2D eigenvalue weighted by atomic mass is 10.2. The van der Waals surface area contributed by atoms with Gasteiger partial charge in [0.25, 0.3) is 0 Å². The molecule has 1 aromatic heterocycles. The SMILES string of the molecule is CC(O)c1ccc[n+](C[Si](c2ccccc2)(c2ccccc2)C(C)(C)C)c1. The van der Waals surface area contributed by atoms with Crippen LogP contribution in [0.25, 0.3) is 0 Å². The van der Waals surface area contributed by atoms with Crippen molar-refractivity contribution >= 4 is 18.4 Å². The van der Waals surface area contributed by atoms with Gasteiger partial charge in [0.1, 0.15) is 6.17 Å². The van der Waals surface area contributed by atoms with Gasteiger partial charge in [-0.25, -0.2) is 4.57 Å². The van der Waals surface area contributed by atoms with Crippen LogP contribution in [0.4, 0.5) is 0 Å². The third-order valence-corrected chi connectivity index (χ3v) is 11.6. The van der Waals surface area contributed by atoms with Gasteiger partial charge in [-0.1, -0.05) is 81.4 Å². The normalized spacial score (nSPS) is 13.4. The molecule has 2 nitrogen and oxygen atoms in total. The number of rotatable bonds is 5. The molecule has 1 atom stereocenters. The van der Waals surface area contributed by atoms with Gasteiger partial charge in [-0.15, -0.1) is 0 Å². The van der Waals surface area contributed by atoms with E-state index in [1.807, 2.05) is 19.1 Å². The van der Waals surface area contributed by atoms with Gasteiger partial charge in [0.15, 0.2) is 20.5 Å². The molecule has 0 aliphatic rings. The van der Waals surface area contributed by atoms with Crippen molar-refractivity contribution < 1.29 is 9.67 Å². The molecule has 0 saturated heterocycles. The fourth-order valence-corrected chi connectivity index (χ4v) is 9.23. The van der Waals surface area contributed by atoms with Gasteiger partial charge in [-0.05, 0) is 28.4 Å². The Morgan fingerprint density at radius 3 is 1.81 bits per heavy atom. The van der Waals surface area contributed by atoms with Crippen LogP contribution in [0.15, 0.2) is 85.2 Å². The molecule has 0 amide bonds. The number of aliphatic hydroxyl groups is 1. The number of pyridine rings is 1. The Bertz CT molecular complexity index is 830. The Morgan fingerprint density at radius 1 is 0.852 bits per heavy atom. The first-order chi connectivity index (χ1) is 12.8. The van der Waals surface area contributed by atoms with Crippen LogP contribution < -0.4 is 14.9 Å². The number of aliphatic hydroxyl groups excluding tert-OH is 1. The van der Waals surface area contributed by atoms with Crippen LogP contribution in [0.2, 0.25) is 5.04 Å². The van der Waals surface area contributed by atoms with Crippen molar-refractivity contribution in [1.29, 1.82) is 0 Å². The van der Waals surface area contributed by atoms with Gasteiger partial charge in [-0.3, -0.25) is 0 Å². The molecule has 0 radical (unpaired) electrons. The van der Waals surface area contributed by atoms with Gasteiger partial charge in [0.2, 0.25) is 0 Å². The first-order valence-electron chi connectivity index (χ1n) is 9.63. The average molecular weight is 377 g/mol. The van der Waals surface area contributed by atoms with E-state index in [1.165, 1.54) is 10.4 Å². The molecular weight excluding hydrogens is 346 g/mol. The predicted octanol–water partition coefficient (Wildman–Crippen LogP) is 3.63. The zero-order valence-corrected chi connectivity index (χ0v) is 17.8. The second kappa shape index (κ2) is 7.79. The van der Waals surface area contributed by atoms with E-state index in [2.05, 4.69) is 98.4 Å². The molecule has 1 unspecified atom stereocenters. The Kier molecular flexibility index (Phi) is 5.63. The zero-order chi connectivity index (χ0) is 19.5. The third kappa shape index (κ3) is 3.90. The first-order valence-corrected chi connectivity index (χ1v) is 11.8. The monoisotopic (exact) mass is 376 g/mol. The molecule has 0 saturated carbocycles. The molecule has 0 spiro atoms. The highest BCUT2D eigenvalue weighted by Gasteiger charge is 2.51. The smallest absolute Gasteiger partial charge is 0.199 e. The number of hydrogen-bond donors (Lipinski definition) is 1. The molecule has 0 fully saturated rings. The van der Waals surface area contributed by atoms with E-state index in [9.17, 15) is 5.11 Å². The predicted molar refractivity (Wildman–Crippen MR) is 115 cm³/mol. The highest BCUT2D eigenvalue weighted by Crippen LogP contribution is 2.36. The lowest BCUT2D eigenvalue weighted by Gasteiger charge is -2.41. The van der Waals surface area contributed by atoms with Crippen LogP contribution in [0.3, 0.4) is 0 Å². The van der Waals surface area contributed by atoms with Crippen molar-refractivity contribution in [2.24, 2.45) is 0 Å². The van der Waals surface area contributed by atoms with E-state index < -0.39 is 14.2 Å². The van der Waals surface area contributed by atoms with E-state index in [1.54, 1.807) is 0 Å². The van der Waals surface area contributed by atoms with E-state index in [-0.39, 0.29) is 5.04 Å². The fourth-order valence-electron chi connectivity index (χ4n) is 4.06. The van der Waals surface area contributed by atoms with Gasteiger partial charge >= 0.3 is 0 Å². The van der Waals surface area contributed by atoms with Gasteiger partial charge in [0, 0.05) is 11.6 Å². The van der Waals surface area contributed by atoms with Crippen LogP contribution >= 0.6 is 0 Å². The maximum atomic E-state index is 10.0. The second-order valence-electron chi connectivity index (χ2n) is 8.37. The zero-order valence-electron chi connectivity index (χ0n) is 16.8. The average Bonchev–Trinajstić information content (AvgIpc) is 2.66. The highest BCUT2D eigenvalue weighted by atomic mass is 28.3. The quantitative estimate of drug-likeness (QED) is 0.534. The topological polar surface area (TPSA) is 24.1 Å². The Balaban J connectivity index is 2.22. The van der Waals surface area contributed by atoms with Gasteiger partial charge in [-0.2, -0.15) is 0 Å². The number of aromatic nitrogens is 1. The van der Waals surface area contributed by atoms with Crippen molar-refractivity contribution in [3.63, 3.8) is 0 Å². The summed E-state index contributed by atoms with van der Waals surface area (Å²) in [5.41, 5.74) is 0.954. The largest absolute Gasteiger partial charge is 0.388 e. The number of hydrogen-bond acceptors (Lipinski definition) is 1. The summed E-state index contributed by atoms with van der Waals surface area (Å²) >= 11 is 0. The molecule has 27 heavy (non-hydrogen) atoms. The highest BCUT2D eigenvalue weighted by molar-refractivity contribution is 7.03. The molecule has 140 valence electrons. The van der Waals surface area contributed by atoms with Crippen molar-refractivity contribution in [2.45, 2.75) is 45.0 Å². The summed E-state index contributed by atoms with van der Waals surface area (Å²) in [6.45, 7) is 8.94. The van der Waals surface area contributed by atoms with Crippen LogP contribution in [-0.2, 0) is 6.17 Å². The van der Waals surface area contributed by atoms with E-state index in [0.717, 1.165) is 11.7 Å². The third-order valence-electron chi connectivity index (χ3n) is 5.60. The molecule has 0 aliphatic heterocycles. The minimum atomic E-state index is -2.17. The van der Waals surface area contributed by atoms with Crippen LogP contribution in [0.1, 0.15) is 39.4 Å². The molecule has 0 bridgehead atoms. The van der Waals surface area contributed by atoms with Crippen molar-refractivity contribution in [1.82, 2.24) is 0 Å². The Hall–Kier alpha value is -2.23. The first kappa shape index (κ1) is 19.5. The lowest BCUT2D eigenvalue weighted by Crippen LogP contribution is -2.71. The van der Waals surface area contributed by atoms with Crippen LogP contribution in [-0.4, -0.2) is 13.2 Å². The van der Waals surface area contributed by atoms with Crippen molar-refractivity contribution in [3.05, 3.63) is 90.8 Å². The van der Waals surface area contributed by atoms with Crippen LogP contribution in [0, 0.1) is 0 Å². The van der Waals surface area contributed by atoms with E-state index >= 15 is 0 Å². The molecule has 2 aromatic carbocycles. The number of benzene rings is 2. The molecule has 1 heterocycles. The second-order valence-corrected chi connectivity index (χ2v) is 13.2. The molecule has 3 heteroatoms. The molecular formula is C24H30NOSi+. The number of nitrogens with zero attached hydrogens (tertiary/aromatic N) is 1. The fraction of sp³-hybridized carbons (Fsp3) is 0.292. The van der Waals surface area contributed by atoms with Crippen molar-refractivity contribution in [3.8, 4) is 0 Å². The van der Waals surface area contributed by atoms with Crippen molar-refractivity contribution in [2.75, 3.05) is 0 Å². The van der Waals surface area contributed by atoms with E-state index in [4.69, 9.17) is 0 Å². The summed E-state index contributed by atoms with van der Waals surface area (Å²) in [6, 6.07) is 26.0. The summed E-state index contributed by atoms with van der Waals surface area (Å²) in [7, 11) is -2.17. The standard InChI is InChI=1S/C24H30NOSi/c1-20(26)21-12-11-17-25(18-21)19-27(24(2,3)4,22-13-7-5-8-14-22)23-15-9-6-10-16-23/h5-18,20,26H,19H2,1-4H3/q+1. The minimum absolute atomic E-state index is 0.115. The maximum absolute atomic E-state index is 10.0. The molecule has 3 rings (SSSR count). The minimum Gasteiger partial charge on any atom is -0.388 e. The molecule has 3 aromatic rings. The Labute approximate surface area is 164 Å². The van der Waals surface area contributed by atoms with Gasteiger partial charge in [0.05, 0.1) is 6.10 Å². The maximum Gasteiger partial charge on any atom is 0.199 e. The van der Waals surface area contributed by atoms with E-state index in [0.29, 0.717) is 0 Å². The summed E-state index contributed by atoms with van der Waals surface area (Å²) in [5.74, 6) is 0. The summed E-state index contributed by atoms with van der Waals surface area (Å²) in [6.07, 6.45) is 4.71. The lowest BCUT2D eigenvalue weighted by molar-refractivity contribution is -0.681. The van der Waals surface area contributed by atoms with Gasteiger partial charge < -0.3 is 5.11 Å². The van der Waals surface area contributed by atoms with Crippen LogP contribution in [0.5, 0.6) is 0 Å². The Morgan fingerprint density at radius 2 is 1.37 bits per heavy atom. The summed E-state index contributed by atoms with van der Waals surface area (Å²) in [5, 5.41) is 13.0. The molecule has 1 N–H and O–H groups in total. The summed E-state index contributed by atoms with van der Waals surface area (Å²) in [4.78, 5) is 0. The molecule has 0 aliphatic carbocycles.